The van der Waals surface area contributed by atoms with Gasteiger partial charge < -0.3 is 20.6 Å². The Hall–Kier alpha value is -0.650. The summed E-state index contributed by atoms with van der Waals surface area (Å²) in [4.78, 5) is 12.6. The molecule has 432 valence electrons. The first kappa shape index (κ1) is 71.3. The average molecular weight is 1020 g/mol. The van der Waals surface area contributed by atoms with Crippen LogP contribution in [0.1, 0.15) is 399 Å². The minimum atomic E-state index is -1.13. The fourth-order valence-corrected chi connectivity index (χ4v) is 11.3. The van der Waals surface area contributed by atoms with Crippen LogP contribution in [0, 0.1) is 0 Å². The lowest BCUT2D eigenvalue weighted by Gasteiger charge is -2.26. The molecule has 5 nitrogen and oxygen atoms in total. The van der Waals surface area contributed by atoms with E-state index in [1.54, 1.807) is 0 Å². The van der Waals surface area contributed by atoms with Gasteiger partial charge in [0.2, 0.25) is 5.91 Å². The zero-order valence-electron chi connectivity index (χ0n) is 49.6. The fourth-order valence-electron chi connectivity index (χ4n) is 11.3. The average Bonchev–Trinajstić information content (AvgIpc) is 3.39. The molecule has 4 N–H and O–H groups in total. The Kier molecular flexibility index (Phi) is 62.3. The van der Waals surface area contributed by atoms with Crippen LogP contribution in [0.4, 0.5) is 0 Å². The van der Waals surface area contributed by atoms with Crippen LogP contribution >= 0.6 is 0 Å². The molecule has 3 atom stereocenters. The third-order valence-electron chi connectivity index (χ3n) is 16.5. The first-order valence-electron chi connectivity index (χ1n) is 33.8. The van der Waals surface area contributed by atoms with E-state index in [0.717, 1.165) is 32.1 Å². The number of amides is 1. The molecule has 72 heavy (non-hydrogen) atoms. The molecule has 0 bridgehead atoms. The first-order valence-corrected chi connectivity index (χ1v) is 33.8. The van der Waals surface area contributed by atoms with Crippen LogP contribution in [0.5, 0.6) is 0 Å². The highest BCUT2D eigenvalue weighted by molar-refractivity contribution is 5.76. The summed E-state index contributed by atoms with van der Waals surface area (Å²) in [5.74, 6) is -0.134. The van der Waals surface area contributed by atoms with E-state index in [9.17, 15) is 20.1 Å². The summed E-state index contributed by atoms with van der Waals surface area (Å²) in [6.07, 6.45) is 78.9. The van der Waals surface area contributed by atoms with E-state index in [1.165, 1.54) is 340 Å². The van der Waals surface area contributed by atoms with Gasteiger partial charge in [-0.3, -0.25) is 4.79 Å². The summed E-state index contributed by atoms with van der Waals surface area (Å²) in [5, 5.41) is 33.9. The molecule has 0 radical (unpaired) electrons. The van der Waals surface area contributed by atoms with Crippen molar-refractivity contribution in [3.63, 3.8) is 0 Å². The summed E-state index contributed by atoms with van der Waals surface area (Å²) < 4.78 is 0. The minimum Gasteiger partial charge on any atom is -0.394 e. The van der Waals surface area contributed by atoms with Gasteiger partial charge in [-0.05, 0) is 12.8 Å². The summed E-state index contributed by atoms with van der Waals surface area (Å²) in [5.41, 5.74) is 0. The SMILES string of the molecule is CCCCCCCCCCCCCCCCCCCCCCCCCCCCCCCCCCCCCCCCCC(=O)NC(CO)C(O)C(O)CCCCCCCCCCCCCCCCCCCCC. The van der Waals surface area contributed by atoms with E-state index >= 15 is 0 Å². The van der Waals surface area contributed by atoms with Crippen molar-refractivity contribution in [2.75, 3.05) is 6.61 Å². The maximum absolute atomic E-state index is 12.6. The summed E-state index contributed by atoms with van der Waals surface area (Å²) >= 11 is 0. The maximum atomic E-state index is 12.6. The predicted molar refractivity (Wildman–Crippen MR) is 319 cm³/mol. The highest BCUT2D eigenvalue weighted by Crippen LogP contribution is 2.20. The van der Waals surface area contributed by atoms with Crippen LogP contribution in [0.15, 0.2) is 0 Å². The third kappa shape index (κ3) is 57.1. The van der Waals surface area contributed by atoms with Crippen LogP contribution in [0.25, 0.3) is 0 Å². The predicted octanol–water partition coefficient (Wildman–Crippen LogP) is 21.6. The molecule has 0 aliphatic rings. The van der Waals surface area contributed by atoms with Crippen molar-refractivity contribution in [2.24, 2.45) is 0 Å². The second-order valence-corrected chi connectivity index (χ2v) is 23.8. The Morgan fingerprint density at radius 3 is 0.667 bits per heavy atom. The smallest absolute Gasteiger partial charge is 0.220 e. The molecule has 0 aromatic carbocycles. The number of aliphatic hydroxyl groups is 3. The van der Waals surface area contributed by atoms with E-state index in [4.69, 9.17) is 0 Å². The zero-order valence-corrected chi connectivity index (χ0v) is 49.6. The molecule has 0 aliphatic heterocycles. The van der Waals surface area contributed by atoms with E-state index in [2.05, 4.69) is 19.2 Å². The molecule has 3 unspecified atom stereocenters. The first-order chi connectivity index (χ1) is 35.6. The van der Waals surface area contributed by atoms with Gasteiger partial charge in [0.25, 0.3) is 0 Å². The molecular formula is C67H135NO4. The molecule has 0 aromatic heterocycles. The summed E-state index contributed by atoms with van der Waals surface area (Å²) in [7, 11) is 0. The number of rotatable bonds is 64. The Balaban J connectivity index is 3.39. The van der Waals surface area contributed by atoms with Crippen molar-refractivity contribution < 1.29 is 20.1 Å². The molecule has 0 heterocycles. The normalized spacial score (nSPS) is 13.0. The highest BCUT2D eigenvalue weighted by atomic mass is 16.3. The van der Waals surface area contributed by atoms with Crippen molar-refractivity contribution in [1.29, 1.82) is 0 Å². The second kappa shape index (κ2) is 62.9. The lowest BCUT2D eigenvalue weighted by atomic mass is 9.99. The van der Waals surface area contributed by atoms with E-state index in [0.29, 0.717) is 12.8 Å². The van der Waals surface area contributed by atoms with Crippen LogP contribution < -0.4 is 5.32 Å². The van der Waals surface area contributed by atoms with E-state index < -0.39 is 18.2 Å². The standard InChI is InChI=1S/C67H135NO4/c1-3-5-7-9-11-13-15-17-19-21-23-24-25-26-27-28-29-30-31-32-33-34-35-36-37-38-39-40-41-42-44-46-48-50-52-54-56-58-60-62-66(71)68-64(63-69)67(72)65(70)61-59-57-55-53-51-49-47-45-43-22-20-18-16-14-12-10-8-6-4-2/h64-65,67,69-70,72H,3-63H2,1-2H3,(H,68,71). The Labute approximate surface area is 453 Å². The topological polar surface area (TPSA) is 89.8 Å². The number of carbonyl (C=O) groups is 1. The monoisotopic (exact) mass is 1020 g/mol. The van der Waals surface area contributed by atoms with Crippen molar-refractivity contribution in [2.45, 2.75) is 417 Å². The van der Waals surface area contributed by atoms with Gasteiger partial charge in [-0.1, -0.05) is 380 Å². The lowest BCUT2D eigenvalue weighted by Crippen LogP contribution is -2.50. The van der Waals surface area contributed by atoms with E-state index in [-0.39, 0.29) is 12.5 Å². The van der Waals surface area contributed by atoms with Gasteiger partial charge >= 0.3 is 0 Å². The van der Waals surface area contributed by atoms with Gasteiger partial charge in [0.05, 0.1) is 18.8 Å². The zero-order chi connectivity index (χ0) is 52.2. The van der Waals surface area contributed by atoms with Gasteiger partial charge in [0.15, 0.2) is 0 Å². The molecular weight excluding hydrogens is 883 g/mol. The lowest BCUT2D eigenvalue weighted by molar-refractivity contribution is -0.124. The van der Waals surface area contributed by atoms with Crippen LogP contribution in [-0.2, 0) is 4.79 Å². The number of unbranched alkanes of at least 4 members (excludes halogenated alkanes) is 56. The highest BCUT2D eigenvalue weighted by Gasteiger charge is 2.26. The summed E-state index contributed by atoms with van der Waals surface area (Å²) in [6.45, 7) is 4.24. The van der Waals surface area contributed by atoms with Crippen molar-refractivity contribution in [1.82, 2.24) is 5.32 Å². The van der Waals surface area contributed by atoms with Gasteiger partial charge in [-0.2, -0.15) is 0 Å². The van der Waals surface area contributed by atoms with Crippen LogP contribution in [-0.4, -0.2) is 46.1 Å². The Bertz CT molecular complexity index is 991. The number of nitrogens with one attached hydrogen (secondary N) is 1. The Morgan fingerprint density at radius 2 is 0.472 bits per heavy atom. The third-order valence-corrected chi connectivity index (χ3v) is 16.5. The molecule has 0 saturated carbocycles. The van der Waals surface area contributed by atoms with Gasteiger partial charge in [-0.15, -0.1) is 0 Å². The number of aliphatic hydroxyl groups excluding tert-OH is 3. The van der Waals surface area contributed by atoms with Crippen LogP contribution in [0.2, 0.25) is 0 Å². The van der Waals surface area contributed by atoms with Gasteiger partial charge in [0, 0.05) is 6.42 Å². The van der Waals surface area contributed by atoms with Crippen molar-refractivity contribution in [3.8, 4) is 0 Å². The molecule has 0 aromatic rings. The van der Waals surface area contributed by atoms with Gasteiger partial charge in [-0.25, -0.2) is 0 Å². The molecule has 0 rings (SSSR count). The second-order valence-electron chi connectivity index (χ2n) is 23.8. The molecule has 0 fully saturated rings. The van der Waals surface area contributed by atoms with Crippen LogP contribution in [0.3, 0.4) is 0 Å². The van der Waals surface area contributed by atoms with Crippen molar-refractivity contribution in [3.05, 3.63) is 0 Å². The molecule has 1 amide bonds. The molecule has 5 heteroatoms. The minimum absolute atomic E-state index is 0.134. The Morgan fingerprint density at radius 1 is 0.292 bits per heavy atom. The maximum Gasteiger partial charge on any atom is 0.220 e. The molecule has 0 aliphatic carbocycles. The van der Waals surface area contributed by atoms with E-state index in [1.807, 2.05) is 0 Å². The largest absolute Gasteiger partial charge is 0.394 e. The summed E-state index contributed by atoms with van der Waals surface area (Å²) in [6, 6.07) is -0.805. The van der Waals surface area contributed by atoms with Gasteiger partial charge in [0.1, 0.15) is 6.10 Å². The number of hydrogen-bond donors (Lipinski definition) is 4. The quantitative estimate of drug-likeness (QED) is 0.0457. The number of hydrogen-bond acceptors (Lipinski definition) is 4. The number of carbonyl (C=O) groups excluding carboxylic acids is 1. The fraction of sp³-hybridized carbons (Fsp3) is 0.985. The van der Waals surface area contributed by atoms with Crippen molar-refractivity contribution >= 4 is 5.91 Å². The molecule has 0 saturated heterocycles. The molecule has 0 spiro atoms.